The summed E-state index contributed by atoms with van der Waals surface area (Å²) < 4.78 is 49.1. The minimum atomic E-state index is -4.55. The Kier molecular flexibility index (Phi) is 5.01. The number of nitrogens with zero attached hydrogens (tertiary/aromatic N) is 2. The van der Waals surface area contributed by atoms with Crippen LogP contribution in [0.4, 0.5) is 18.9 Å². The van der Waals surface area contributed by atoms with Crippen LogP contribution in [0.15, 0.2) is 24.3 Å². The number of rotatable bonds is 5. The Balaban J connectivity index is 2.13. The number of amides is 1. The summed E-state index contributed by atoms with van der Waals surface area (Å²) in [7, 11) is 2.92. The van der Waals surface area contributed by atoms with Crippen LogP contribution in [0.3, 0.4) is 0 Å². The summed E-state index contributed by atoms with van der Waals surface area (Å²) >= 11 is 0. The van der Waals surface area contributed by atoms with Gasteiger partial charge in [0.1, 0.15) is 18.0 Å². The molecule has 0 aliphatic rings. The Hall–Kier alpha value is -2.71. The lowest BCUT2D eigenvalue weighted by Crippen LogP contribution is -2.21. The molecule has 0 atom stereocenters. The van der Waals surface area contributed by atoms with E-state index in [4.69, 9.17) is 9.47 Å². The van der Waals surface area contributed by atoms with Crippen molar-refractivity contribution in [3.8, 4) is 11.5 Å². The van der Waals surface area contributed by atoms with Crippen molar-refractivity contribution in [2.45, 2.75) is 19.6 Å². The van der Waals surface area contributed by atoms with Gasteiger partial charge in [-0.15, -0.1) is 0 Å². The second kappa shape index (κ2) is 6.81. The molecular formula is C15H16F3N3O3. The van der Waals surface area contributed by atoms with Gasteiger partial charge in [0.2, 0.25) is 5.91 Å². The van der Waals surface area contributed by atoms with Gasteiger partial charge in [0.15, 0.2) is 5.69 Å². The highest BCUT2D eigenvalue weighted by molar-refractivity contribution is 5.92. The second-order valence-corrected chi connectivity index (χ2v) is 4.94. The van der Waals surface area contributed by atoms with Crippen LogP contribution in [0, 0.1) is 6.92 Å². The molecule has 0 saturated carbocycles. The van der Waals surface area contributed by atoms with E-state index >= 15 is 0 Å². The molecule has 0 unspecified atom stereocenters. The third-order valence-corrected chi connectivity index (χ3v) is 3.25. The number of anilines is 1. The lowest BCUT2D eigenvalue weighted by molar-refractivity contribution is -0.141. The molecule has 0 radical (unpaired) electrons. The molecule has 1 N–H and O–H groups in total. The van der Waals surface area contributed by atoms with E-state index in [1.165, 1.54) is 21.1 Å². The first-order valence-electron chi connectivity index (χ1n) is 6.88. The van der Waals surface area contributed by atoms with Gasteiger partial charge < -0.3 is 14.8 Å². The van der Waals surface area contributed by atoms with Crippen LogP contribution in [-0.2, 0) is 17.5 Å². The van der Waals surface area contributed by atoms with Crippen LogP contribution in [0.25, 0.3) is 0 Å². The van der Waals surface area contributed by atoms with Gasteiger partial charge in [0, 0.05) is 11.8 Å². The maximum atomic E-state index is 12.6. The normalized spacial score (nSPS) is 11.2. The lowest BCUT2D eigenvalue weighted by atomic mass is 10.2. The summed E-state index contributed by atoms with van der Waals surface area (Å²) in [5.41, 5.74) is -0.418. The van der Waals surface area contributed by atoms with Crippen molar-refractivity contribution in [2.75, 3.05) is 19.5 Å². The smallest absolute Gasteiger partial charge is 0.435 e. The number of carbonyl (C=O) groups excluding carboxylic acids is 1. The van der Waals surface area contributed by atoms with E-state index in [2.05, 4.69) is 10.4 Å². The third-order valence-electron chi connectivity index (χ3n) is 3.25. The molecule has 0 spiro atoms. The van der Waals surface area contributed by atoms with E-state index in [1.54, 1.807) is 18.2 Å². The number of nitrogens with one attached hydrogen (secondary N) is 1. The number of alkyl halides is 3. The first-order valence-corrected chi connectivity index (χ1v) is 6.88. The minimum Gasteiger partial charge on any atom is -0.497 e. The molecule has 1 heterocycles. The first kappa shape index (κ1) is 17.6. The fraction of sp³-hybridized carbons (Fsp3) is 0.333. The predicted molar refractivity (Wildman–Crippen MR) is 80.1 cm³/mol. The Morgan fingerprint density at radius 1 is 1.25 bits per heavy atom. The number of benzene rings is 1. The summed E-state index contributed by atoms with van der Waals surface area (Å²) in [5.74, 6) is 0.386. The van der Waals surface area contributed by atoms with Crippen LogP contribution in [0.5, 0.6) is 11.5 Å². The van der Waals surface area contributed by atoms with E-state index in [1.807, 2.05) is 0 Å². The number of carbonyl (C=O) groups is 1. The zero-order valence-corrected chi connectivity index (χ0v) is 13.3. The number of hydrogen-bond acceptors (Lipinski definition) is 4. The number of hydrogen-bond donors (Lipinski definition) is 1. The van der Waals surface area contributed by atoms with Crippen molar-refractivity contribution in [3.63, 3.8) is 0 Å². The number of aromatic nitrogens is 2. The molecule has 2 rings (SSSR count). The molecule has 1 amide bonds. The topological polar surface area (TPSA) is 65.4 Å². The van der Waals surface area contributed by atoms with Crippen LogP contribution < -0.4 is 14.8 Å². The van der Waals surface area contributed by atoms with Gasteiger partial charge in [-0.1, -0.05) is 0 Å². The minimum absolute atomic E-state index is 0.235. The van der Waals surface area contributed by atoms with Gasteiger partial charge >= 0.3 is 6.18 Å². The first-order chi connectivity index (χ1) is 11.2. The number of aryl methyl sites for hydroxylation is 1. The van der Waals surface area contributed by atoms with E-state index < -0.39 is 17.8 Å². The molecule has 2 aromatic rings. The summed E-state index contributed by atoms with van der Waals surface area (Å²) in [5, 5.41) is 5.99. The fourth-order valence-electron chi connectivity index (χ4n) is 2.04. The van der Waals surface area contributed by atoms with Crippen molar-refractivity contribution in [3.05, 3.63) is 35.7 Å². The standard InChI is InChI=1S/C15H16F3N3O3/c1-9-6-13(15(16,17)18)20-21(9)8-14(22)19-11-5-4-10(23-2)7-12(11)24-3/h4-7H,8H2,1-3H3,(H,19,22). The fourth-order valence-corrected chi connectivity index (χ4v) is 2.04. The largest absolute Gasteiger partial charge is 0.497 e. The van der Waals surface area contributed by atoms with Crippen molar-refractivity contribution in [2.24, 2.45) is 0 Å². The zero-order valence-electron chi connectivity index (χ0n) is 13.3. The maximum absolute atomic E-state index is 12.6. The van der Waals surface area contributed by atoms with Gasteiger partial charge in [-0.25, -0.2) is 0 Å². The SMILES string of the molecule is COc1ccc(NC(=O)Cn2nc(C(F)(F)F)cc2C)c(OC)c1. The highest BCUT2D eigenvalue weighted by atomic mass is 19.4. The number of ether oxygens (including phenoxy) is 2. The highest BCUT2D eigenvalue weighted by Gasteiger charge is 2.34. The number of methoxy groups -OCH3 is 2. The predicted octanol–water partition coefficient (Wildman–Crippen LogP) is 2.87. The molecule has 0 bridgehead atoms. The maximum Gasteiger partial charge on any atom is 0.435 e. The van der Waals surface area contributed by atoms with Crippen LogP contribution in [0.1, 0.15) is 11.4 Å². The third kappa shape index (κ3) is 3.98. The molecule has 0 aliphatic carbocycles. The molecule has 1 aromatic heterocycles. The molecule has 0 aliphatic heterocycles. The summed E-state index contributed by atoms with van der Waals surface area (Å²) in [6, 6.07) is 5.67. The quantitative estimate of drug-likeness (QED) is 0.907. The Morgan fingerprint density at radius 3 is 2.50 bits per heavy atom. The van der Waals surface area contributed by atoms with Crippen molar-refractivity contribution >= 4 is 11.6 Å². The van der Waals surface area contributed by atoms with Crippen molar-refractivity contribution < 1.29 is 27.4 Å². The zero-order chi connectivity index (χ0) is 17.9. The molecule has 1 aromatic carbocycles. The van der Waals surface area contributed by atoms with Gasteiger partial charge in [-0.3, -0.25) is 9.48 Å². The molecule has 9 heteroatoms. The average molecular weight is 343 g/mol. The van der Waals surface area contributed by atoms with Crippen molar-refractivity contribution in [1.82, 2.24) is 9.78 Å². The van der Waals surface area contributed by atoms with E-state index in [0.29, 0.717) is 17.2 Å². The molecule has 0 fully saturated rings. The lowest BCUT2D eigenvalue weighted by Gasteiger charge is -2.12. The molecule has 24 heavy (non-hydrogen) atoms. The van der Waals surface area contributed by atoms with E-state index in [9.17, 15) is 18.0 Å². The Labute approximate surface area is 136 Å². The average Bonchev–Trinajstić information content (AvgIpc) is 2.88. The van der Waals surface area contributed by atoms with Gasteiger partial charge in [0.05, 0.1) is 19.9 Å². The monoisotopic (exact) mass is 343 g/mol. The van der Waals surface area contributed by atoms with E-state index in [-0.39, 0.29) is 12.2 Å². The van der Waals surface area contributed by atoms with E-state index in [0.717, 1.165) is 10.7 Å². The van der Waals surface area contributed by atoms with Crippen LogP contribution in [0.2, 0.25) is 0 Å². The number of halogens is 3. The summed E-state index contributed by atoms with van der Waals surface area (Å²) in [6.45, 7) is 1.10. The van der Waals surface area contributed by atoms with Gasteiger partial charge in [-0.05, 0) is 25.1 Å². The molecule has 0 saturated heterocycles. The van der Waals surface area contributed by atoms with Crippen molar-refractivity contribution in [1.29, 1.82) is 0 Å². The summed E-state index contributed by atoms with van der Waals surface area (Å²) in [4.78, 5) is 12.1. The van der Waals surface area contributed by atoms with Crippen LogP contribution in [-0.4, -0.2) is 29.9 Å². The Morgan fingerprint density at radius 2 is 1.96 bits per heavy atom. The van der Waals surface area contributed by atoms with Crippen LogP contribution >= 0.6 is 0 Å². The highest BCUT2D eigenvalue weighted by Crippen LogP contribution is 2.30. The molecular weight excluding hydrogens is 327 g/mol. The van der Waals surface area contributed by atoms with Gasteiger partial charge in [-0.2, -0.15) is 18.3 Å². The van der Waals surface area contributed by atoms with Gasteiger partial charge in [0.25, 0.3) is 0 Å². The molecule has 6 nitrogen and oxygen atoms in total. The Bertz CT molecular complexity index is 741. The molecule has 130 valence electrons. The summed E-state index contributed by atoms with van der Waals surface area (Å²) in [6.07, 6.45) is -4.55. The second-order valence-electron chi connectivity index (χ2n) is 4.94.